The topological polar surface area (TPSA) is 38.7 Å². The van der Waals surface area contributed by atoms with E-state index in [1.54, 1.807) is 7.11 Å². The lowest BCUT2D eigenvalue weighted by Gasteiger charge is -2.45. The van der Waals surface area contributed by atoms with Gasteiger partial charge in [-0.3, -0.25) is 0 Å². The second kappa shape index (κ2) is 8.90. The summed E-state index contributed by atoms with van der Waals surface area (Å²) < 4.78 is 12.6. The summed E-state index contributed by atoms with van der Waals surface area (Å²) in [6.45, 7) is 0. The second-order valence-electron chi connectivity index (χ2n) is 11.4. The lowest BCUT2D eigenvalue weighted by molar-refractivity contribution is 0.0132. The Morgan fingerprint density at radius 1 is 0.833 bits per heavy atom. The van der Waals surface area contributed by atoms with Crippen molar-refractivity contribution in [3.05, 3.63) is 47.5 Å². The summed E-state index contributed by atoms with van der Waals surface area (Å²) in [5.41, 5.74) is 5.13. The molecule has 0 atom stereocenters. The van der Waals surface area contributed by atoms with Gasteiger partial charge in [0.25, 0.3) is 0 Å². The van der Waals surface area contributed by atoms with Crippen LogP contribution in [-0.4, -0.2) is 17.1 Å². The Balaban J connectivity index is 1.37. The maximum Gasteiger partial charge on any atom is 0.164 e. The SMILES string of the molecule is COc1ccc2c(c1)CCc1cc(O)c3cc4c(cc3c1-2)SC(C1CCCCC1)(C1CCCCC1)O4. The number of fused-ring (bicyclic) bond motifs is 6. The number of aryl methyl sites for hydroxylation is 2. The average molecular weight is 501 g/mol. The molecular weight excluding hydrogens is 464 g/mol. The van der Waals surface area contributed by atoms with Crippen molar-refractivity contribution in [1.29, 1.82) is 0 Å². The Hall–Kier alpha value is -2.33. The van der Waals surface area contributed by atoms with Gasteiger partial charge in [-0.1, -0.05) is 56.4 Å². The van der Waals surface area contributed by atoms with Crippen LogP contribution in [0.15, 0.2) is 41.3 Å². The first-order valence-electron chi connectivity index (χ1n) is 14.0. The molecule has 0 aromatic heterocycles. The third-order valence-corrected chi connectivity index (χ3v) is 11.0. The van der Waals surface area contributed by atoms with E-state index in [9.17, 15) is 5.11 Å². The zero-order chi connectivity index (χ0) is 24.3. The van der Waals surface area contributed by atoms with Gasteiger partial charge in [0.15, 0.2) is 4.93 Å². The summed E-state index contributed by atoms with van der Waals surface area (Å²) in [6.07, 6.45) is 15.1. The van der Waals surface area contributed by atoms with E-state index in [-0.39, 0.29) is 4.93 Å². The van der Waals surface area contributed by atoms with E-state index in [0.717, 1.165) is 35.1 Å². The molecule has 0 spiro atoms. The molecule has 0 radical (unpaired) electrons. The molecule has 1 heterocycles. The van der Waals surface area contributed by atoms with Crippen molar-refractivity contribution in [3.8, 4) is 28.4 Å². The van der Waals surface area contributed by atoms with Crippen LogP contribution < -0.4 is 9.47 Å². The number of phenolic OH excluding ortho intramolecular Hbond substituents is 1. The van der Waals surface area contributed by atoms with Crippen LogP contribution in [0, 0.1) is 11.8 Å². The Kier molecular flexibility index (Phi) is 5.65. The Labute approximate surface area is 218 Å². The predicted molar refractivity (Wildman–Crippen MR) is 147 cm³/mol. The fourth-order valence-corrected chi connectivity index (χ4v) is 9.26. The van der Waals surface area contributed by atoms with Crippen LogP contribution >= 0.6 is 11.8 Å². The third-order valence-electron chi connectivity index (χ3n) is 9.39. The Morgan fingerprint density at radius 3 is 2.22 bits per heavy atom. The van der Waals surface area contributed by atoms with Crippen molar-refractivity contribution in [1.82, 2.24) is 0 Å². The highest BCUT2D eigenvalue weighted by atomic mass is 32.2. The summed E-state index contributed by atoms with van der Waals surface area (Å²) in [5, 5.41) is 13.2. The lowest BCUT2D eigenvalue weighted by atomic mass is 9.74. The van der Waals surface area contributed by atoms with Crippen molar-refractivity contribution < 1.29 is 14.6 Å². The molecule has 4 heteroatoms. The summed E-state index contributed by atoms with van der Waals surface area (Å²) >= 11 is 2.03. The van der Waals surface area contributed by atoms with E-state index in [1.165, 1.54) is 91.4 Å². The number of rotatable bonds is 3. The number of hydrogen-bond donors (Lipinski definition) is 1. The smallest absolute Gasteiger partial charge is 0.164 e. The van der Waals surface area contributed by atoms with Gasteiger partial charge in [-0.25, -0.2) is 0 Å². The molecule has 1 N–H and O–H groups in total. The molecule has 3 aliphatic carbocycles. The van der Waals surface area contributed by atoms with Gasteiger partial charge >= 0.3 is 0 Å². The Bertz CT molecular complexity index is 1300. The lowest BCUT2D eigenvalue weighted by Crippen LogP contribution is -2.47. The summed E-state index contributed by atoms with van der Waals surface area (Å²) in [6, 6.07) is 12.9. The van der Waals surface area contributed by atoms with Gasteiger partial charge in [0.05, 0.1) is 12.0 Å². The van der Waals surface area contributed by atoms with Gasteiger partial charge in [0.1, 0.15) is 17.2 Å². The zero-order valence-electron chi connectivity index (χ0n) is 21.3. The third kappa shape index (κ3) is 3.55. The van der Waals surface area contributed by atoms with Crippen LogP contribution in [0.5, 0.6) is 17.2 Å². The molecule has 3 aromatic carbocycles. The molecule has 0 unspecified atom stereocenters. The van der Waals surface area contributed by atoms with E-state index in [1.807, 2.05) is 17.8 Å². The van der Waals surface area contributed by atoms with E-state index >= 15 is 0 Å². The molecule has 3 nitrogen and oxygen atoms in total. The normalized spacial score (nSPS) is 21.5. The molecule has 1 aliphatic heterocycles. The molecule has 3 aromatic rings. The molecule has 188 valence electrons. The number of thioether (sulfide) groups is 1. The number of phenols is 1. The van der Waals surface area contributed by atoms with E-state index in [0.29, 0.717) is 17.6 Å². The zero-order valence-corrected chi connectivity index (χ0v) is 22.1. The highest BCUT2D eigenvalue weighted by Gasteiger charge is 2.52. The monoisotopic (exact) mass is 500 g/mol. The second-order valence-corrected chi connectivity index (χ2v) is 12.7. The summed E-state index contributed by atoms with van der Waals surface area (Å²) in [7, 11) is 1.73. The Morgan fingerprint density at radius 2 is 1.53 bits per heavy atom. The molecule has 0 bridgehead atoms. The van der Waals surface area contributed by atoms with Crippen LogP contribution in [0.1, 0.15) is 75.3 Å². The van der Waals surface area contributed by atoms with Crippen LogP contribution in [0.25, 0.3) is 21.9 Å². The summed E-state index contributed by atoms with van der Waals surface area (Å²) in [5.74, 6) is 3.51. The minimum atomic E-state index is -0.137. The number of ether oxygens (including phenoxy) is 2. The standard InChI is InChI=1S/C32H36O3S/c1-34-24-14-15-25-20(16-24)12-13-21-17-28(33)26-18-29-30(19-27(26)31(21)25)36-32(35-29,22-8-4-2-5-9-22)23-10-6-3-7-11-23/h14-19,22-23,33H,2-13H2,1H3. The fraction of sp³-hybridized carbons (Fsp3) is 0.500. The number of hydrogen-bond acceptors (Lipinski definition) is 4. The largest absolute Gasteiger partial charge is 0.507 e. The molecule has 36 heavy (non-hydrogen) atoms. The molecule has 2 fully saturated rings. The molecule has 0 amide bonds. The quantitative estimate of drug-likeness (QED) is 0.390. The van der Waals surface area contributed by atoms with Crippen molar-refractivity contribution in [2.24, 2.45) is 11.8 Å². The van der Waals surface area contributed by atoms with Gasteiger partial charge < -0.3 is 14.6 Å². The first-order valence-corrected chi connectivity index (χ1v) is 14.9. The van der Waals surface area contributed by atoms with Crippen LogP contribution in [-0.2, 0) is 12.8 Å². The minimum absolute atomic E-state index is 0.137. The highest BCUT2D eigenvalue weighted by molar-refractivity contribution is 8.01. The fourth-order valence-electron chi connectivity index (χ4n) is 7.60. The first-order chi connectivity index (χ1) is 17.7. The van der Waals surface area contributed by atoms with Gasteiger partial charge in [-0.15, -0.1) is 0 Å². The molecule has 7 rings (SSSR count). The van der Waals surface area contributed by atoms with E-state index < -0.39 is 0 Å². The van der Waals surface area contributed by atoms with Gasteiger partial charge in [0, 0.05) is 17.2 Å². The number of aromatic hydroxyl groups is 1. The van der Waals surface area contributed by atoms with Gasteiger partial charge in [-0.05, 0) is 96.5 Å². The van der Waals surface area contributed by atoms with Gasteiger partial charge in [0.2, 0.25) is 0 Å². The summed E-state index contributed by atoms with van der Waals surface area (Å²) in [4.78, 5) is 1.13. The first kappa shape index (κ1) is 22.8. The van der Waals surface area contributed by atoms with Crippen molar-refractivity contribution >= 4 is 22.5 Å². The maximum atomic E-state index is 11.1. The molecule has 4 aliphatic rings. The maximum absolute atomic E-state index is 11.1. The van der Waals surface area contributed by atoms with Crippen LogP contribution in [0.4, 0.5) is 0 Å². The van der Waals surface area contributed by atoms with E-state index in [2.05, 4.69) is 30.3 Å². The van der Waals surface area contributed by atoms with Crippen LogP contribution in [0.2, 0.25) is 0 Å². The van der Waals surface area contributed by atoms with Crippen molar-refractivity contribution in [2.75, 3.05) is 7.11 Å². The molecule has 0 saturated heterocycles. The number of methoxy groups -OCH3 is 1. The van der Waals surface area contributed by atoms with Crippen LogP contribution in [0.3, 0.4) is 0 Å². The number of benzene rings is 3. The van der Waals surface area contributed by atoms with Gasteiger partial charge in [-0.2, -0.15) is 0 Å². The molecular formula is C32H36O3S. The minimum Gasteiger partial charge on any atom is -0.507 e. The van der Waals surface area contributed by atoms with Crippen molar-refractivity contribution in [2.45, 2.75) is 86.9 Å². The highest BCUT2D eigenvalue weighted by Crippen LogP contribution is 2.61. The van der Waals surface area contributed by atoms with E-state index in [4.69, 9.17) is 9.47 Å². The average Bonchev–Trinajstić information content (AvgIpc) is 3.32. The van der Waals surface area contributed by atoms with Crippen molar-refractivity contribution in [3.63, 3.8) is 0 Å². The molecule has 2 saturated carbocycles. The predicted octanol–water partition coefficient (Wildman–Crippen LogP) is 8.66.